The molecule has 0 atom stereocenters. The van der Waals surface area contributed by atoms with Gasteiger partial charge in [-0.3, -0.25) is 4.79 Å². The van der Waals surface area contributed by atoms with Crippen LogP contribution in [-0.2, 0) is 0 Å². The number of carbonyl (C=O) groups is 1. The molecule has 4 heteroatoms. The molecule has 4 aromatic rings. The number of amides is 1. The van der Waals surface area contributed by atoms with Crippen LogP contribution >= 0.6 is 0 Å². The molecule has 1 aliphatic heterocycles. The van der Waals surface area contributed by atoms with Gasteiger partial charge in [-0.05, 0) is 42.2 Å². The van der Waals surface area contributed by atoms with Crippen molar-refractivity contribution in [2.75, 3.05) is 13.1 Å². The summed E-state index contributed by atoms with van der Waals surface area (Å²) in [6, 6.07) is 25.8. The molecule has 0 bridgehead atoms. The molecule has 0 radical (unpaired) electrons. The number of para-hydroxylation sites is 2. The van der Waals surface area contributed by atoms with Gasteiger partial charge in [0.15, 0.2) is 11.5 Å². The number of aromatic nitrogens is 1. The number of carbonyl (C=O) groups excluding carboxylic acids is 1. The van der Waals surface area contributed by atoms with Crippen molar-refractivity contribution < 1.29 is 9.21 Å². The summed E-state index contributed by atoms with van der Waals surface area (Å²) >= 11 is 0. The maximum atomic E-state index is 13.3. The maximum Gasteiger partial charge on any atom is 0.254 e. The third-order valence-corrected chi connectivity index (χ3v) is 5.68. The van der Waals surface area contributed by atoms with Gasteiger partial charge in [0, 0.05) is 24.6 Å². The zero-order valence-electron chi connectivity index (χ0n) is 16.1. The molecule has 1 aliphatic rings. The van der Waals surface area contributed by atoms with Crippen molar-refractivity contribution in [3.05, 3.63) is 90.3 Å². The third-order valence-electron chi connectivity index (χ3n) is 5.68. The van der Waals surface area contributed by atoms with E-state index < -0.39 is 0 Å². The van der Waals surface area contributed by atoms with E-state index >= 15 is 0 Å². The molecule has 5 rings (SSSR count). The second-order valence-corrected chi connectivity index (χ2v) is 7.50. The summed E-state index contributed by atoms with van der Waals surface area (Å²) in [6.45, 7) is 1.43. The topological polar surface area (TPSA) is 46.3 Å². The highest BCUT2D eigenvalue weighted by atomic mass is 16.3. The van der Waals surface area contributed by atoms with Crippen LogP contribution in [0.2, 0.25) is 0 Å². The Bertz CT molecular complexity index is 1110. The van der Waals surface area contributed by atoms with Crippen LogP contribution < -0.4 is 0 Å². The molecule has 3 aromatic carbocycles. The summed E-state index contributed by atoms with van der Waals surface area (Å²) in [6.07, 6.45) is 1.73. The largest absolute Gasteiger partial charge is 0.440 e. The predicted octanol–water partition coefficient (Wildman–Crippen LogP) is 5.51. The SMILES string of the molecule is O=C(c1ccccc1-c1ccccc1)N1CCC(c2nc3ccccc3o2)CC1. The highest BCUT2D eigenvalue weighted by molar-refractivity contribution is 6.01. The first-order valence-corrected chi connectivity index (χ1v) is 10.1. The number of rotatable bonds is 3. The zero-order valence-corrected chi connectivity index (χ0v) is 16.1. The van der Waals surface area contributed by atoms with E-state index in [1.807, 2.05) is 83.8 Å². The van der Waals surface area contributed by atoms with E-state index in [-0.39, 0.29) is 11.8 Å². The Morgan fingerprint density at radius 1 is 0.862 bits per heavy atom. The summed E-state index contributed by atoms with van der Waals surface area (Å²) in [5.74, 6) is 1.15. The van der Waals surface area contributed by atoms with Gasteiger partial charge in [0.05, 0.1) is 0 Å². The van der Waals surface area contributed by atoms with Crippen molar-refractivity contribution in [2.45, 2.75) is 18.8 Å². The van der Waals surface area contributed by atoms with Crippen molar-refractivity contribution in [1.82, 2.24) is 9.88 Å². The van der Waals surface area contributed by atoms with Crippen LogP contribution in [0.1, 0.15) is 35.0 Å². The number of hydrogen-bond acceptors (Lipinski definition) is 3. The van der Waals surface area contributed by atoms with E-state index in [4.69, 9.17) is 4.42 Å². The number of benzene rings is 3. The van der Waals surface area contributed by atoms with Crippen molar-refractivity contribution in [2.24, 2.45) is 0 Å². The first kappa shape index (κ1) is 17.7. The van der Waals surface area contributed by atoms with Crippen LogP contribution in [0.3, 0.4) is 0 Å². The van der Waals surface area contributed by atoms with Gasteiger partial charge in [0.2, 0.25) is 0 Å². The average Bonchev–Trinajstić information content (AvgIpc) is 3.24. The molecule has 1 amide bonds. The van der Waals surface area contributed by atoms with Gasteiger partial charge in [-0.1, -0.05) is 60.7 Å². The number of hydrogen-bond donors (Lipinski definition) is 0. The fraction of sp³-hybridized carbons (Fsp3) is 0.200. The van der Waals surface area contributed by atoms with Crippen LogP contribution in [0.15, 0.2) is 83.3 Å². The van der Waals surface area contributed by atoms with Gasteiger partial charge < -0.3 is 9.32 Å². The molecule has 0 spiro atoms. The fourth-order valence-electron chi connectivity index (χ4n) is 4.10. The summed E-state index contributed by atoms with van der Waals surface area (Å²) in [5.41, 5.74) is 4.55. The number of nitrogens with zero attached hydrogens (tertiary/aromatic N) is 2. The lowest BCUT2D eigenvalue weighted by molar-refractivity contribution is 0.0707. The van der Waals surface area contributed by atoms with Gasteiger partial charge in [-0.25, -0.2) is 4.98 Å². The van der Waals surface area contributed by atoms with Crippen molar-refractivity contribution in [3.63, 3.8) is 0 Å². The van der Waals surface area contributed by atoms with Crippen LogP contribution in [0.25, 0.3) is 22.2 Å². The van der Waals surface area contributed by atoms with Gasteiger partial charge in [-0.2, -0.15) is 0 Å². The van der Waals surface area contributed by atoms with Gasteiger partial charge in [-0.15, -0.1) is 0 Å². The van der Waals surface area contributed by atoms with Crippen molar-refractivity contribution in [3.8, 4) is 11.1 Å². The van der Waals surface area contributed by atoms with Crippen LogP contribution in [0.5, 0.6) is 0 Å². The molecule has 1 fully saturated rings. The third kappa shape index (κ3) is 3.42. The lowest BCUT2D eigenvalue weighted by Crippen LogP contribution is -2.38. The molecule has 144 valence electrons. The molecule has 0 aliphatic carbocycles. The second kappa shape index (κ2) is 7.55. The van der Waals surface area contributed by atoms with Gasteiger partial charge in [0.1, 0.15) is 5.52 Å². The molecule has 1 aromatic heterocycles. The standard InChI is InChI=1S/C25H22N2O2/c28-25(21-11-5-4-10-20(21)18-8-2-1-3-9-18)27-16-14-19(15-17-27)24-26-22-12-6-7-13-23(22)29-24/h1-13,19H,14-17H2. The number of oxazole rings is 1. The Morgan fingerprint density at radius 2 is 1.55 bits per heavy atom. The van der Waals surface area contributed by atoms with Crippen LogP contribution in [0.4, 0.5) is 0 Å². The Morgan fingerprint density at radius 3 is 2.34 bits per heavy atom. The van der Waals surface area contributed by atoms with Crippen molar-refractivity contribution in [1.29, 1.82) is 0 Å². The number of piperidine rings is 1. The lowest BCUT2D eigenvalue weighted by Gasteiger charge is -2.31. The fourth-order valence-corrected chi connectivity index (χ4v) is 4.10. The van der Waals surface area contributed by atoms with Gasteiger partial charge in [0.25, 0.3) is 5.91 Å². The molecule has 0 unspecified atom stereocenters. The number of likely N-dealkylation sites (tertiary alicyclic amines) is 1. The molecule has 0 saturated carbocycles. The first-order valence-electron chi connectivity index (χ1n) is 10.1. The Kier molecular flexibility index (Phi) is 4.60. The molecular weight excluding hydrogens is 360 g/mol. The molecule has 29 heavy (non-hydrogen) atoms. The van der Waals surface area contributed by atoms with E-state index in [9.17, 15) is 4.79 Å². The first-order chi connectivity index (χ1) is 14.3. The van der Waals surface area contributed by atoms with Crippen molar-refractivity contribution >= 4 is 17.0 Å². The van der Waals surface area contributed by atoms with E-state index in [2.05, 4.69) is 4.98 Å². The summed E-state index contributed by atoms with van der Waals surface area (Å²) < 4.78 is 5.95. The van der Waals surface area contributed by atoms with E-state index in [1.54, 1.807) is 0 Å². The van der Waals surface area contributed by atoms with Gasteiger partial charge >= 0.3 is 0 Å². The molecule has 0 N–H and O–H groups in total. The van der Waals surface area contributed by atoms with E-state index in [0.29, 0.717) is 13.1 Å². The molecular formula is C25H22N2O2. The predicted molar refractivity (Wildman–Crippen MR) is 114 cm³/mol. The molecule has 1 saturated heterocycles. The molecule has 4 nitrogen and oxygen atoms in total. The Labute approximate surface area is 169 Å². The monoisotopic (exact) mass is 382 g/mol. The minimum atomic E-state index is 0.0977. The number of fused-ring (bicyclic) bond motifs is 1. The minimum Gasteiger partial charge on any atom is -0.440 e. The minimum absolute atomic E-state index is 0.0977. The van der Waals surface area contributed by atoms with Crippen LogP contribution in [-0.4, -0.2) is 28.9 Å². The quantitative estimate of drug-likeness (QED) is 0.469. The Hall–Kier alpha value is -3.40. The van der Waals surface area contributed by atoms with E-state index in [1.165, 1.54) is 0 Å². The second-order valence-electron chi connectivity index (χ2n) is 7.50. The van der Waals surface area contributed by atoms with E-state index in [0.717, 1.165) is 46.5 Å². The lowest BCUT2D eigenvalue weighted by atomic mass is 9.94. The summed E-state index contributed by atoms with van der Waals surface area (Å²) in [5, 5.41) is 0. The highest BCUT2D eigenvalue weighted by Gasteiger charge is 2.28. The highest BCUT2D eigenvalue weighted by Crippen LogP contribution is 2.31. The summed E-state index contributed by atoms with van der Waals surface area (Å²) in [4.78, 5) is 19.9. The summed E-state index contributed by atoms with van der Waals surface area (Å²) in [7, 11) is 0. The molecule has 2 heterocycles. The Balaban J connectivity index is 1.33. The smallest absolute Gasteiger partial charge is 0.254 e. The maximum absolute atomic E-state index is 13.3. The van der Waals surface area contributed by atoms with Crippen LogP contribution in [0, 0.1) is 0 Å². The zero-order chi connectivity index (χ0) is 19.6. The average molecular weight is 382 g/mol. The normalized spacial score (nSPS) is 15.0.